The van der Waals surface area contributed by atoms with Crippen molar-refractivity contribution in [2.24, 2.45) is 5.92 Å². The first kappa shape index (κ1) is 24.8. The van der Waals surface area contributed by atoms with Crippen LogP contribution in [0, 0.1) is 5.92 Å². The van der Waals surface area contributed by atoms with Gasteiger partial charge in [-0.15, -0.1) is 0 Å². The normalized spacial score (nSPS) is 20.3. The number of aromatic nitrogens is 1. The zero-order valence-corrected chi connectivity index (χ0v) is 22.4. The van der Waals surface area contributed by atoms with Crippen LogP contribution in [0.25, 0.3) is 0 Å². The van der Waals surface area contributed by atoms with Crippen molar-refractivity contribution in [1.29, 1.82) is 0 Å². The third kappa shape index (κ3) is 4.30. The first-order chi connectivity index (χ1) is 18.4. The summed E-state index contributed by atoms with van der Waals surface area (Å²) in [6.45, 7) is 0.369. The molecule has 6 rings (SSSR count). The third-order valence-electron chi connectivity index (χ3n) is 6.69. The molecular weight excluding hydrogens is 544 g/mol. The molecule has 38 heavy (non-hydrogen) atoms. The van der Waals surface area contributed by atoms with Gasteiger partial charge in [-0.1, -0.05) is 71.1 Å². The lowest BCUT2D eigenvalue weighted by molar-refractivity contribution is -0.122. The number of carbonyl (C=O) groups excluding carboxylic acids is 2. The van der Waals surface area contributed by atoms with Crippen molar-refractivity contribution in [2.75, 3.05) is 12.0 Å². The van der Waals surface area contributed by atoms with E-state index in [1.54, 1.807) is 37.4 Å². The van der Waals surface area contributed by atoms with E-state index in [9.17, 15) is 14.4 Å². The Labute approximate surface area is 231 Å². The van der Waals surface area contributed by atoms with Gasteiger partial charge in [-0.3, -0.25) is 14.4 Å². The second-order valence-electron chi connectivity index (χ2n) is 8.92. The highest BCUT2D eigenvalue weighted by Crippen LogP contribution is 2.53. The molecule has 3 heterocycles. The molecule has 2 aliphatic rings. The van der Waals surface area contributed by atoms with Crippen LogP contribution in [0.4, 0.5) is 5.69 Å². The molecule has 3 atom stereocenters. The van der Waals surface area contributed by atoms with Crippen LogP contribution >= 0.6 is 34.7 Å². The van der Waals surface area contributed by atoms with Gasteiger partial charge < -0.3 is 14.5 Å². The van der Waals surface area contributed by atoms with Gasteiger partial charge in [0.25, 0.3) is 0 Å². The number of thiazole rings is 1. The molecule has 0 radical (unpaired) electrons. The van der Waals surface area contributed by atoms with Crippen LogP contribution in [0.2, 0.25) is 5.02 Å². The van der Waals surface area contributed by atoms with Gasteiger partial charge >= 0.3 is 4.87 Å². The van der Waals surface area contributed by atoms with Crippen molar-refractivity contribution in [3.8, 4) is 11.5 Å². The zero-order valence-electron chi connectivity index (χ0n) is 20.1. The summed E-state index contributed by atoms with van der Waals surface area (Å²) >= 11 is 8.33. The van der Waals surface area contributed by atoms with E-state index < -0.39 is 17.1 Å². The SMILES string of the molecule is COc1cc(C2c3sc(=O)[nH]c3SC3C(=O)N(c4ccc(Cl)cc4)C(=O)C32)ccc1OCc1ccccc1. The summed E-state index contributed by atoms with van der Waals surface area (Å²) in [4.78, 5) is 44.3. The fraction of sp³-hybridized carbons (Fsp3) is 0.179. The summed E-state index contributed by atoms with van der Waals surface area (Å²) < 4.78 is 11.7. The van der Waals surface area contributed by atoms with Crippen LogP contribution in [-0.4, -0.2) is 29.2 Å². The number of carbonyl (C=O) groups is 2. The minimum Gasteiger partial charge on any atom is -0.493 e. The lowest BCUT2D eigenvalue weighted by Crippen LogP contribution is -2.32. The molecular formula is C28H21ClN2O5S2. The standard InChI is InChI=1S/C28H21ClN2O5S2/c1-35-20-13-16(7-12-19(20)36-14-15-5-3-2-4-6-15)21-22-24(37-25-23(21)38-28(34)30-25)27(33)31(26(22)32)18-10-8-17(29)9-11-18/h2-13,21-22,24H,14H2,1H3,(H,30,34). The molecule has 3 unspecified atom stereocenters. The van der Waals surface area contributed by atoms with Gasteiger partial charge in [0.1, 0.15) is 11.9 Å². The van der Waals surface area contributed by atoms with E-state index in [0.717, 1.165) is 27.3 Å². The molecule has 1 saturated heterocycles. The number of hydrogen-bond donors (Lipinski definition) is 1. The molecule has 4 aromatic rings. The summed E-state index contributed by atoms with van der Waals surface area (Å²) in [5, 5.41) is 0.452. The first-order valence-electron chi connectivity index (χ1n) is 11.8. The predicted octanol–water partition coefficient (Wildman–Crippen LogP) is 5.47. The van der Waals surface area contributed by atoms with E-state index in [1.165, 1.54) is 16.7 Å². The molecule has 0 bridgehead atoms. The van der Waals surface area contributed by atoms with Gasteiger partial charge in [0.05, 0.1) is 23.7 Å². The van der Waals surface area contributed by atoms with E-state index >= 15 is 0 Å². The Hall–Kier alpha value is -3.53. The maximum Gasteiger partial charge on any atom is 0.305 e. The largest absolute Gasteiger partial charge is 0.493 e. The molecule has 1 aromatic heterocycles. The summed E-state index contributed by atoms with van der Waals surface area (Å²) in [7, 11) is 1.56. The van der Waals surface area contributed by atoms with Crippen molar-refractivity contribution >= 4 is 52.2 Å². The number of imide groups is 1. The second-order valence-corrected chi connectivity index (χ2v) is 11.5. The summed E-state index contributed by atoms with van der Waals surface area (Å²) in [6.07, 6.45) is 0. The minimum absolute atomic E-state index is 0.225. The molecule has 3 aromatic carbocycles. The molecule has 0 spiro atoms. The summed E-state index contributed by atoms with van der Waals surface area (Å²) in [5.74, 6) is -0.765. The quantitative estimate of drug-likeness (QED) is 0.312. The number of aromatic amines is 1. The van der Waals surface area contributed by atoms with E-state index in [0.29, 0.717) is 33.8 Å². The van der Waals surface area contributed by atoms with Crippen molar-refractivity contribution < 1.29 is 19.1 Å². The van der Waals surface area contributed by atoms with Gasteiger partial charge in [-0.05, 0) is 47.5 Å². The summed E-state index contributed by atoms with van der Waals surface area (Å²) in [6, 6.07) is 21.9. The Balaban J connectivity index is 1.38. The molecule has 0 aliphatic carbocycles. The maximum atomic E-state index is 13.8. The van der Waals surface area contributed by atoms with Gasteiger partial charge in [0, 0.05) is 15.8 Å². The number of amides is 2. The van der Waals surface area contributed by atoms with Crippen LogP contribution in [0.15, 0.2) is 82.6 Å². The number of methoxy groups -OCH3 is 1. The maximum absolute atomic E-state index is 13.8. The van der Waals surface area contributed by atoms with Crippen LogP contribution < -0.4 is 19.2 Å². The molecule has 0 saturated carbocycles. The molecule has 2 amide bonds. The third-order valence-corrected chi connectivity index (χ3v) is 9.35. The Morgan fingerprint density at radius 3 is 2.45 bits per heavy atom. The van der Waals surface area contributed by atoms with Crippen molar-refractivity contribution in [3.63, 3.8) is 0 Å². The van der Waals surface area contributed by atoms with Crippen molar-refractivity contribution in [2.45, 2.75) is 22.8 Å². The van der Waals surface area contributed by atoms with Gasteiger partial charge in [-0.2, -0.15) is 0 Å². The van der Waals surface area contributed by atoms with Gasteiger partial charge in [0.15, 0.2) is 11.5 Å². The molecule has 2 aliphatic heterocycles. The van der Waals surface area contributed by atoms with Crippen LogP contribution in [-0.2, 0) is 16.2 Å². The Morgan fingerprint density at radius 2 is 1.71 bits per heavy atom. The Bertz CT molecular complexity index is 1590. The van der Waals surface area contributed by atoms with E-state index in [4.69, 9.17) is 21.1 Å². The highest BCUT2D eigenvalue weighted by molar-refractivity contribution is 8.00. The molecule has 10 heteroatoms. The Kier molecular flexibility index (Phi) is 6.51. The zero-order chi connectivity index (χ0) is 26.4. The van der Waals surface area contributed by atoms with Crippen LogP contribution in [0.1, 0.15) is 21.9 Å². The summed E-state index contributed by atoms with van der Waals surface area (Å²) in [5.41, 5.74) is 2.25. The molecule has 7 nitrogen and oxygen atoms in total. The minimum atomic E-state index is -0.692. The van der Waals surface area contributed by atoms with Gasteiger partial charge in [-0.25, -0.2) is 4.90 Å². The number of anilines is 1. The molecule has 192 valence electrons. The number of benzene rings is 3. The van der Waals surface area contributed by atoms with E-state index in [1.807, 2.05) is 42.5 Å². The topological polar surface area (TPSA) is 88.7 Å². The highest BCUT2D eigenvalue weighted by Gasteiger charge is 2.56. The van der Waals surface area contributed by atoms with Gasteiger partial charge in [0.2, 0.25) is 11.8 Å². The fourth-order valence-corrected chi connectivity index (χ4v) is 7.59. The lowest BCUT2D eigenvalue weighted by Gasteiger charge is -2.30. The fourth-order valence-electron chi connectivity index (χ4n) is 4.95. The first-order valence-corrected chi connectivity index (χ1v) is 13.9. The number of nitrogens with zero attached hydrogens (tertiary/aromatic N) is 1. The number of thioether (sulfide) groups is 1. The molecule has 1 fully saturated rings. The molecule has 1 N–H and O–H groups in total. The van der Waals surface area contributed by atoms with Crippen molar-refractivity contribution in [1.82, 2.24) is 4.98 Å². The predicted molar refractivity (Wildman–Crippen MR) is 148 cm³/mol. The van der Waals surface area contributed by atoms with Crippen LogP contribution in [0.3, 0.4) is 0 Å². The number of fused-ring (bicyclic) bond motifs is 2. The average Bonchev–Trinajstić information content (AvgIpc) is 3.42. The van der Waals surface area contributed by atoms with Crippen LogP contribution in [0.5, 0.6) is 11.5 Å². The lowest BCUT2D eigenvalue weighted by atomic mass is 9.83. The highest BCUT2D eigenvalue weighted by atomic mass is 35.5. The van der Waals surface area contributed by atoms with Crippen molar-refractivity contribution in [3.05, 3.63) is 103 Å². The number of hydrogen-bond acceptors (Lipinski definition) is 7. The van der Waals surface area contributed by atoms with E-state index in [2.05, 4.69) is 4.98 Å². The number of H-pyrrole nitrogens is 1. The number of ether oxygens (including phenoxy) is 2. The smallest absolute Gasteiger partial charge is 0.305 e. The second kappa shape index (κ2) is 9.98. The van der Waals surface area contributed by atoms with E-state index in [-0.39, 0.29) is 16.7 Å². The average molecular weight is 565 g/mol. The number of nitrogens with one attached hydrogen (secondary N) is 1. The Morgan fingerprint density at radius 1 is 0.947 bits per heavy atom. The number of halogens is 1. The number of rotatable bonds is 6. The monoisotopic (exact) mass is 564 g/mol.